The normalized spacial score (nSPS) is 22.1. The van der Waals surface area contributed by atoms with Crippen LogP contribution in [-0.4, -0.2) is 61.1 Å². The maximum absolute atomic E-state index is 12.5. The fourth-order valence-corrected chi connectivity index (χ4v) is 3.62. The van der Waals surface area contributed by atoms with Crippen molar-refractivity contribution >= 4 is 5.91 Å². The molecule has 132 valence electrons. The molecule has 2 heterocycles. The Balaban J connectivity index is 1.46. The molecule has 24 heavy (non-hydrogen) atoms. The van der Waals surface area contributed by atoms with Gasteiger partial charge in [0.1, 0.15) is 6.10 Å². The summed E-state index contributed by atoms with van der Waals surface area (Å²) in [6.07, 6.45) is 4.93. The van der Waals surface area contributed by atoms with Crippen LogP contribution in [0.15, 0.2) is 24.3 Å². The molecule has 0 aliphatic carbocycles. The topological polar surface area (TPSA) is 42.0 Å². The van der Waals surface area contributed by atoms with Crippen LogP contribution in [0.3, 0.4) is 0 Å². The number of nitrogens with zero attached hydrogens (tertiary/aromatic N) is 2. The van der Waals surface area contributed by atoms with Gasteiger partial charge in [0.25, 0.3) is 0 Å². The summed E-state index contributed by atoms with van der Waals surface area (Å²) in [7, 11) is 1.64. The minimum atomic E-state index is 0.0635. The van der Waals surface area contributed by atoms with Crippen molar-refractivity contribution in [2.24, 2.45) is 0 Å². The van der Waals surface area contributed by atoms with Crippen molar-refractivity contribution in [3.8, 4) is 11.5 Å². The number of carbonyl (C=O) groups excluding carboxylic acids is 1. The molecular formula is C19H28N2O3. The Morgan fingerprint density at radius 3 is 2.67 bits per heavy atom. The smallest absolute Gasteiger partial charge is 0.237 e. The lowest BCUT2D eigenvalue weighted by Crippen LogP contribution is -2.59. The molecule has 0 saturated carbocycles. The Kier molecular flexibility index (Phi) is 5.61. The van der Waals surface area contributed by atoms with E-state index in [1.165, 1.54) is 19.3 Å². The first-order valence-electron chi connectivity index (χ1n) is 9.02. The molecule has 0 N–H and O–H groups in total. The molecule has 5 heteroatoms. The zero-order valence-corrected chi connectivity index (χ0v) is 14.7. The van der Waals surface area contributed by atoms with Gasteiger partial charge in [-0.1, -0.05) is 25.5 Å². The average molecular weight is 332 g/mol. The maximum atomic E-state index is 12.5. The molecule has 0 spiro atoms. The van der Waals surface area contributed by atoms with Gasteiger partial charge in [-0.15, -0.1) is 0 Å². The van der Waals surface area contributed by atoms with E-state index in [4.69, 9.17) is 9.47 Å². The van der Waals surface area contributed by atoms with Crippen molar-refractivity contribution in [3.05, 3.63) is 24.3 Å². The second-order valence-electron chi connectivity index (χ2n) is 6.72. The van der Waals surface area contributed by atoms with Gasteiger partial charge in [-0.05, 0) is 37.9 Å². The summed E-state index contributed by atoms with van der Waals surface area (Å²) in [5.74, 6) is 1.72. The highest BCUT2D eigenvalue weighted by atomic mass is 16.5. The third-order valence-electron chi connectivity index (χ3n) is 5.12. The first kappa shape index (κ1) is 17.1. The summed E-state index contributed by atoms with van der Waals surface area (Å²) < 4.78 is 11.3. The molecule has 2 fully saturated rings. The summed E-state index contributed by atoms with van der Waals surface area (Å²) in [5.41, 5.74) is 0. The van der Waals surface area contributed by atoms with Crippen molar-refractivity contribution in [2.45, 2.75) is 44.8 Å². The van der Waals surface area contributed by atoms with Crippen LogP contribution in [0, 0.1) is 0 Å². The quantitative estimate of drug-likeness (QED) is 0.803. The van der Waals surface area contributed by atoms with Crippen molar-refractivity contribution in [1.29, 1.82) is 0 Å². The van der Waals surface area contributed by atoms with E-state index in [1.54, 1.807) is 7.11 Å². The van der Waals surface area contributed by atoms with Crippen LogP contribution < -0.4 is 9.47 Å². The number of benzene rings is 1. The molecule has 1 atom stereocenters. The van der Waals surface area contributed by atoms with Gasteiger partial charge in [0.05, 0.1) is 26.7 Å². The second-order valence-corrected chi connectivity index (χ2v) is 6.72. The summed E-state index contributed by atoms with van der Waals surface area (Å²) in [5, 5.41) is 0. The Morgan fingerprint density at radius 2 is 1.96 bits per heavy atom. The number of hydrogen-bond donors (Lipinski definition) is 0. The fraction of sp³-hybridized carbons (Fsp3) is 0.632. The lowest BCUT2D eigenvalue weighted by Gasteiger charge is -2.41. The molecule has 0 bridgehead atoms. The molecule has 1 aromatic rings. The lowest BCUT2D eigenvalue weighted by molar-refractivity contribution is -0.142. The predicted octanol–water partition coefficient (Wildman–Crippen LogP) is 2.55. The highest BCUT2D eigenvalue weighted by molar-refractivity contribution is 5.79. The van der Waals surface area contributed by atoms with Gasteiger partial charge in [0, 0.05) is 6.04 Å². The number of ether oxygens (including phenoxy) is 2. The standard InChI is InChI=1S/C19H28N2O3/c1-3-15-8-6-7-11-20(15)14-19(22)21-12-16(13-21)24-18-10-5-4-9-17(18)23-2/h4-5,9-10,15-16H,3,6-8,11-14H2,1-2H3. The first-order chi connectivity index (χ1) is 11.7. The molecule has 1 unspecified atom stereocenters. The van der Waals surface area contributed by atoms with E-state index in [0.717, 1.165) is 24.5 Å². The molecular weight excluding hydrogens is 304 g/mol. The van der Waals surface area contributed by atoms with E-state index in [-0.39, 0.29) is 12.0 Å². The monoisotopic (exact) mass is 332 g/mol. The SMILES string of the molecule is CCC1CCCCN1CC(=O)N1CC(Oc2ccccc2OC)C1. The highest BCUT2D eigenvalue weighted by Gasteiger charge is 2.34. The first-order valence-corrected chi connectivity index (χ1v) is 9.02. The number of para-hydroxylation sites is 2. The number of hydrogen-bond acceptors (Lipinski definition) is 4. The Hall–Kier alpha value is -1.75. The van der Waals surface area contributed by atoms with Crippen LogP contribution in [0.5, 0.6) is 11.5 Å². The second kappa shape index (κ2) is 7.88. The molecule has 5 nitrogen and oxygen atoms in total. The van der Waals surface area contributed by atoms with E-state index in [0.29, 0.717) is 25.7 Å². The maximum Gasteiger partial charge on any atom is 0.237 e. The fourth-order valence-electron chi connectivity index (χ4n) is 3.62. The van der Waals surface area contributed by atoms with Gasteiger partial charge in [-0.2, -0.15) is 0 Å². The number of rotatable bonds is 6. The van der Waals surface area contributed by atoms with Crippen LogP contribution in [0.25, 0.3) is 0 Å². The molecule has 1 amide bonds. The van der Waals surface area contributed by atoms with Crippen molar-refractivity contribution in [1.82, 2.24) is 9.80 Å². The van der Waals surface area contributed by atoms with E-state index in [9.17, 15) is 4.79 Å². The minimum absolute atomic E-state index is 0.0635. The van der Waals surface area contributed by atoms with E-state index in [1.807, 2.05) is 29.2 Å². The van der Waals surface area contributed by atoms with Gasteiger partial charge in [-0.3, -0.25) is 9.69 Å². The zero-order chi connectivity index (χ0) is 16.9. The Bertz CT molecular complexity index is 557. The molecule has 0 radical (unpaired) electrons. The van der Waals surface area contributed by atoms with Gasteiger partial charge in [0.15, 0.2) is 11.5 Å². The summed E-state index contributed by atoms with van der Waals surface area (Å²) in [4.78, 5) is 16.7. The number of carbonyl (C=O) groups is 1. The van der Waals surface area contributed by atoms with E-state index >= 15 is 0 Å². The van der Waals surface area contributed by atoms with Crippen molar-refractivity contribution < 1.29 is 14.3 Å². The van der Waals surface area contributed by atoms with Crippen LogP contribution in [-0.2, 0) is 4.79 Å². The average Bonchev–Trinajstić information content (AvgIpc) is 2.58. The molecule has 2 aliphatic rings. The largest absolute Gasteiger partial charge is 0.493 e. The molecule has 1 aromatic carbocycles. The molecule has 3 rings (SSSR count). The van der Waals surface area contributed by atoms with Crippen molar-refractivity contribution in [3.63, 3.8) is 0 Å². The van der Waals surface area contributed by atoms with Crippen LogP contribution in [0.1, 0.15) is 32.6 Å². The molecule has 2 aliphatic heterocycles. The number of likely N-dealkylation sites (tertiary alicyclic amines) is 2. The minimum Gasteiger partial charge on any atom is -0.493 e. The van der Waals surface area contributed by atoms with Crippen molar-refractivity contribution in [2.75, 3.05) is 33.3 Å². The van der Waals surface area contributed by atoms with Gasteiger partial charge < -0.3 is 14.4 Å². The number of amides is 1. The molecule has 2 saturated heterocycles. The Labute approximate surface area is 144 Å². The predicted molar refractivity (Wildman–Crippen MR) is 93.5 cm³/mol. The van der Waals surface area contributed by atoms with E-state index in [2.05, 4.69) is 11.8 Å². The molecule has 0 aromatic heterocycles. The number of methoxy groups -OCH3 is 1. The Morgan fingerprint density at radius 1 is 1.21 bits per heavy atom. The third-order valence-corrected chi connectivity index (χ3v) is 5.12. The summed E-state index contributed by atoms with van der Waals surface area (Å²) >= 11 is 0. The number of piperidine rings is 1. The van der Waals surface area contributed by atoms with Crippen LogP contribution in [0.2, 0.25) is 0 Å². The highest BCUT2D eigenvalue weighted by Crippen LogP contribution is 2.29. The van der Waals surface area contributed by atoms with Crippen LogP contribution in [0.4, 0.5) is 0 Å². The van der Waals surface area contributed by atoms with Gasteiger partial charge >= 0.3 is 0 Å². The third kappa shape index (κ3) is 3.83. The summed E-state index contributed by atoms with van der Waals surface area (Å²) in [6.45, 7) is 5.16. The summed E-state index contributed by atoms with van der Waals surface area (Å²) in [6, 6.07) is 8.22. The zero-order valence-electron chi connectivity index (χ0n) is 14.7. The van der Waals surface area contributed by atoms with Gasteiger partial charge in [-0.25, -0.2) is 0 Å². The van der Waals surface area contributed by atoms with Gasteiger partial charge in [0.2, 0.25) is 5.91 Å². The van der Waals surface area contributed by atoms with E-state index < -0.39 is 0 Å². The lowest BCUT2D eigenvalue weighted by atomic mass is 10.00. The van der Waals surface area contributed by atoms with Crippen LogP contribution >= 0.6 is 0 Å².